The monoisotopic (exact) mass is 397 g/mol. The quantitative estimate of drug-likeness (QED) is 0.517. The van der Waals surface area contributed by atoms with Crippen LogP contribution in [0.25, 0.3) is 21.2 Å². The summed E-state index contributed by atoms with van der Waals surface area (Å²) in [6.07, 6.45) is 1.44. The Balaban J connectivity index is 1.52. The van der Waals surface area contributed by atoms with Gasteiger partial charge in [-0.15, -0.1) is 11.3 Å². The smallest absolute Gasteiger partial charge is 0.349 e. The molecule has 142 valence electrons. The first-order valence-electron chi connectivity index (χ1n) is 8.40. The molecule has 0 radical (unpaired) electrons. The van der Waals surface area contributed by atoms with Gasteiger partial charge in [-0.1, -0.05) is 12.1 Å². The Kier molecular flexibility index (Phi) is 4.66. The summed E-state index contributed by atoms with van der Waals surface area (Å²) in [7, 11) is 1.47. The van der Waals surface area contributed by atoms with Crippen LogP contribution in [-0.2, 0) is 6.54 Å². The number of nitrogens with zero attached hydrogens (tertiary/aromatic N) is 2. The molecule has 8 nitrogen and oxygen atoms in total. The van der Waals surface area contributed by atoms with Crippen molar-refractivity contribution in [2.45, 2.75) is 6.54 Å². The number of para-hydroxylation sites is 1. The van der Waals surface area contributed by atoms with E-state index in [1.54, 1.807) is 29.6 Å². The first-order valence-corrected chi connectivity index (χ1v) is 9.28. The van der Waals surface area contributed by atoms with E-state index in [2.05, 4.69) is 10.3 Å². The SMILES string of the molecule is COc1cccc2cc(C(=O)NCCn3cnc4ccsc4c3=O)c(=O)oc12. The molecule has 0 fully saturated rings. The Bertz CT molecular complexity index is 1300. The van der Waals surface area contributed by atoms with Gasteiger partial charge in [-0.2, -0.15) is 0 Å². The Morgan fingerprint density at radius 1 is 1.32 bits per heavy atom. The van der Waals surface area contributed by atoms with E-state index in [1.165, 1.54) is 35.4 Å². The molecule has 1 N–H and O–H groups in total. The van der Waals surface area contributed by atoms with E-state index >= 15 is 0 Å². The third-order valence-electron chi connectivity index (χ3n) is 4.26. The van der Waals surface area contributed by atoms with Crippen LogP contribution < -0.4 is 21.2 Å². The molecule has 3 heterocycles. The molecule has 0 saturated carbocycles. The van der Waals surface area contributed by atoms with Crippen molar-refractivity contribution < 1.29 is 13.9 Å². The van der Waals surface area contributed by atoms with Crippen molar-refractivity contribution in [3.8, 4) is 5.75 Å². The fourth-order valence-corrected chi connectivity index (χ4v) is 3.65. The van der Waals surface area contributed by atoms with Gasteiger partial charge in [-0.05, 0) is 23.6 Å². The highest BCUT2D eigenvalue weighted by Crippen LogP contribution is 2.24. The van der Waals surface area contributed by atoms with Gasteiger partial charge in [0.1, 0.15) is 10.3 Å². The number of ether oxygens (including phenoxy) is 1. The van der Waals surface area contributed by atoms with Gasteiger partial charge in [0.2, 0.25) is 0 Å². The summed E-state index contributed by atoms with van der Waals surface area (Å²) in [5.41, 5.74) is -0.0900. The molecule has 1 aromatic carbocycles. The van der Waals surface area contributed by atoms with Crippen LogP contribution in [0.15, 0.2) is 56.0 Å². The Hall–Kier alpha value is -3.46. The summed E-state index contributed by atoms with van der Waals surface area (Å²) in [6, 6.07) is 8.37. The van der Waals surface area contributed by atoms with Gasteiger partial charge < -0.3 is 14.5 Å². The topological polar surface area (TPSA) is 103 Å². The molecule has 9 heteroatoms. The second kappa shape index (κ2) is 7.28. The molecule has 0 aliphatic heterocycles. The molecular formula is C19H15N3O5S. The van der Waals surface area contributed by atoms with E-state index in [4.69, 9.17) is 9.15 Å². The van der Waals surface area contributed by atoms with E-state index in [1.807, 2.05) is 0 Å². The van der Waals surface area contributed by atoms with Crippen LogP contribution in [0.3, 0.4) is 0 Å². The molecule has 0 spiro atoms. The molecule has 0 unspecified atom stereocenters. The summed E-state index contributed by atoms with van der Waals surface area (Å²) < 4.78 is 12.4. The first kappa shape index (κ1) is 17.9. The van der Waals surface area contributed by atoms with Crippen LogP contribution in [0.2, 0.25) is 0 Å². The maximum atomic E-state index is 12.4. The number of fused-ring (bicyclic) bond motifs is 2. The van der Waals surface area contributed by atoms with Gasteiger partial charge >= 0.3 is 5.63 Å². The van der Waals surface area contributed by atoms with Crippen molar-refractivity contribution >= 4 is 38.4 Å². The highest BCUT2D eigenvalue weighted by atomic mass is 32.1. The highest BCUT2D eigenvalue weighted by molar-refractivity contribution is 7.17. The number of hydrogen-bond donors (Lipinski definition) is 1. The summed E-state index contributed by atoms with van der Waals surface area (Å²) >= 11 is 1.32. The fourth-order valence-electron chi connectivity index (χ4n) is 2.86. The van der Waals surface area contributed by atoms with Crippen LogP contribution in [0.1, 0.15) is 10.4 Å². The van der Waals surface area contributed by atoms with Gasteiger partial charge in [0.15, 0.2) is 11.3 Å². The molecule has 0 bridgehead atoms. The summed E-state index contributed by atoms with van der Waals surface area (Å²) in [5.74, 6) is -0.158. The number of benzene rings is 1. The molecule has 0 aliphatic carbocycles. The molecular weight excluding hydrogens is 382 g/mol. The number of aromatic nitrogens is 2. The molecule has 4 rings (SSSR count). The second-order valence-corrected chi connectivity index (χ2v) is 6.88. The van der Waals surface area contributed by atoms with Crippen molar-refractivity contribution in [1.82, 2.24) is 14.9 Å². The van der Waals surface area contributed by atoms with Crippen LogP contribution >= 0.6 is 11.3 Å². The molecule has 0 atom stereocenters. The van der Waals surface area contributed by atoms with Gasteiger partial charge in [-0.25, -0.2) is 9.78 Å². The van der Waals surface area contributed by atoms with Crippen molar-refractivity contribution in [2.75, 3.05) is 13.7 Å². The van der Waals surface area contributed by atoms with Gasteiger partial charge in [0, 0.05) is 18.5 Å². The molecule has 0 saturated heterocycles. The van der Waals surface area contributed by atoms with E-state index in [0.717, 1.165) is 0 Å². The van der Waals surface area contributed by atoms with Crippen molar-refractivity contribution in [3.05, 3.63) is 68.4 Å². The van der Waals surface area contributed by atoms with Gasteiger partial charge in [0.25, 0.3) is 11.5 Å². The van der Waals surface area contributed by atoms with Crippen molar-refractivity contribution in [2.24, 2.45) is 0 Å². The third-order valence-corrected chi connectivity index (χ3v) is 5.15. The summed E-state index contributed by atoms with van der Waals surface area (Å²) in [6.45, 7) is 0.394. The summed E-state index contributed by atoms with van der Waals surface area (Å²) in [4.78, 5) is 41.2. The lowest BCUT2D eigenvalue weighted by atomic mass is 10.1. The zero-order valence-electron chi connectivity index (χ0n) is 14.8. The number of amides is 1. The largest absolute Gasteiger partial charge is 0.493 e. The van der Waals surface area contributed by atoms with Crippen molar-refractivity contribution in [3.63, 3.8) is 0 Å². The average Bonchev–Trinajstić information content (AvgIpc) is 3.18. The maximum absolute atomic E-state index is 12.4. The number of thiophene rings is 1. The number of carbonyl (C=O) groups is 1. The molecule has 0 aliphatic rings. The standard InChI is InChI=1S/C19H15N3O5S/c1-26-14-4-2-3-11-9-12(19(25)27-15(11)14)17(23)20-6-7-22-10-21-13-5-8-28-16(13)18(22)24/h2-5,8-10H,6-7H2,1H3,(H,20,23). The number of methoxy groups -OCH3 is 1. The predicted octanol–water partition coefficient (Wildman–Crippen LogP) is 2.00. The Morgan fingerprint density at radius 2 is 2.18 bits per heavy atom. The van der Waals surface area contributed by atoms with E-state index in [-0.39, 0.29) is 29.8 Å². The van der Waals surface area contributed by atoms with Crippen LogP contribution in [0.5, 0.6) is 5.75 Å². The zero-order valence-corrected chi connectivity index (χ0v) is 15.6. The maximum Gasteiger partial charge on any atom is 0.349 e. The zero-order chi connectivity index (χ0) is 19.7. The number of nitrogens with one attached hydrogen (secondary N) is 1. The van der Waals surface area contributed by atoms with Crippen molar-refractivity contribution in [1.29, 1.82) is 0 Å². The van der Waals surface area contributed by atoms with E-state index in [0.29, 0.717) is 21.4 Å². The minimum Gasteiger partial charge on any atom is -0.493 e. The summed E-state index contributed by atoms with van der Waals surface area (Å²) in [5, 5.41) is 5.02. The number of hydrogen-bond acceptors (Lipinski definition) is 7. The third kappa shape index (κ3) is 3.16. The van der Waals surface area contributed by atoms with Gasteiger partial charge in [-0.3, -0.25) is 14.2 Å². The highest BCUT2D eigenvalue weighted by Gasteiger charge is 2.15. The Morgan fingerprint density at radius 3 is 3.00 bits per heavy atom. The lowest BCUT2D eigenvalue weighted by Crippen LogP contribution is -2.33. The molecule has 4 aromatic rings. The average molecular weight is 397 g/mol. The minimum atomic E-state index is -0.756. The van der Waals surface area contributed by atoms with Crippen LogP contribution in [0, 0.1) is 0 Å². The predicted molar refractivity (Wildman–Crippen MR) is 105 cm³/mol. The first-order chi connectivity index (χ1) is 13.6. The lowest BCUT2D eigenvalue weighted by Gasteiger charge is -2.08. The molecule has 1 amide bonds. The lowest BCUT2D eigenvalue weighted by molar-refractivity contribution is 0.0948. The van der Waals surface area contributed by atoms with E-state index < -0.39 is 11.5 Å². The molecule has 28 heavy (non-hydrogen) atoms. The Labute approximate surface area is 162 Å². The van der Waals surface area contributed by atoms with Crippen LogP contribution in [-0.4, -0.2) is 29.1 Å². The normalized spacial score (nSPS) is 11.0. The second-order valence-electron chi connectivity index (χ2n) is 5.96. The van der Waals surface area contributed by atoms with Gasteiger partial charge in [0.05, 0.1) is 19.0 Å². The number of carbonyl (C=O) groups excluding carboxylic acids is 1. The minimum absolute atomic E-state index is 0.111. The van der Waals surface area contributed by atoms with Crippen LogP contribution in [0.4, 0.5) is 0 Å². The molecule has 3 aromatic heterocycles. The van der Waals surface area contributed by atoms with E-state index in [9.17, 15) is 14.4 Å². The number of rotatable bonds is 5. The fraction of sp³-hybridized carbons (Fsp3) is 0.158.